The van der Waals surface area contributed by atoms with Crippen LogP contribution < -0.4 is 0 Å². The second-order valence-corrected chi connectivity index (χ2v) is 4.59. The summed E-state index contributed by atoms with van der Waals surface area (Å²) in [6.07, 6.45) is 4.63. The molecular weight excluding hydrogens is 232 g/mol. The first-order chi connectivity index (χ1) is 8.74. The van der Waals surface area contributed by atoms with E-state index in [0.717, 1.165) is 30.7 Å². The number of carboxylic acids is 1. The summed E-state index contributed by atoms with van der Waals surface area (Å²) in [6.45, 7) is 0.659. The molecule has 5 heteroatoms. The van der Waals surface area contributed by atoms with Crippen molar-refractivity contribution in [3.05, 3.63) is 41.6 Å². The van der Waals surface area contributed by atoms with Crippen LogP contribution >= 0.6 is 0 Å². The molecule has 0 amide bonds. The van der Waals surface area contributed by atoms with E-state index in [4.69, 9.17) is 9.52 Å². The Bertz CT molecular complexity index is 553. The van der Waals surface area contributed by atoms with E-state index in [9.17, 15) is 4.79 Å². The maximum absolute atomic E-state index is 10.9. The van der Waals surface area contributed by atoms with Gasteiger partial charge in [-0.3, -0.25) is 4.68 Å². The summed E-state index contributed by atoms with van der Waals surface area (Å²) < 4.78 is 7.08. The lowest BCUT2D eigenvalue weighted by molar-refractivity contribution is 0.0689. The standard InChI is InChI=1S/C13H14N2O3/c16-13(17)11-8-12(9-3-4-9)15(14-11)6-5-10-2-1-7-18-10/h1-2,7-9H,3-6H2,(H,16,17). The molecule has 0 bridgehead atoms. The van der Waals surface area contributed by atoms with Gasteiger partial charge in [-0.25, -0.2) is 4.79 Å². The third-order valence-corrected chi connectivity index (χ3v) is 3.18. The molecule has 3 rings (SSSR count). The normalized spacial score (nSPS) is 14.9. The predicted molar refractivity (Wildman–Crippen MR) is 63.6 cm³/mol. The van der Waals surface area contributed by atoms with Crippen LogP contribution in [0.3, 0.4) is 0 Å². The summed E-state index contributed by atoms with van der Waals surface area (Å²) in [4.78, 5) is 10.9. The molecule has 0 spiro atoms. The maximum atomic E-state index is 10.9. The number of rotatable bonds is 5. The SMILES string of the molecule is O=C(O)c1cc(C2CC2)n(CCc2ccco2)n1. The van der Waals surface area contributed by atoms with E-state index in [2.05, 4.69) is 5.10 Å². The lowest BCUT2D eigenvalue weighted by atomic mass is 10.2. The van der Waals surface area contributed by atoms with Crippen LogP contribution in [0.15, 0.2) is 28.9 Å². The highest BCUT2D eigenvalue weighted by molar-refractivity contribution is 5.85. The molecule has 1 aliphatic rings. The molecule has 2 aromatic heterocycles. The third kappa shape index (κ3) is 2.16. The number of hydrogen-bond donors (Lipinski definition) is 1. The van der Waals surface area contributed by atoms with Gasteiger partial charge in [-0.15, -0.1) is 0 Å². The Hall–Kier alpha value is -2.04. The minimum absolute atomic E-state index is 0.136. The molecule has 0 saturated heterocycles. The van der Waals surface area contributed by atoms with Gasteiger partial charge in [0.15, 0.2) is 5.69 Å². The molecule has 0 aliphatic heterocycles. The zero-order valence-corrected chi connectivity index (χ0v) is 9.87. The summed E-state index contributed by atoms with van der Waals surface area (Å²) in [5, 5.41) is 13.1. The summed E-state index contributed by atoms with van der Waals surface area (Å²) >= 11 is 0. The fourth-order valence-corrected chi connectivity index (χ4v) is 2.09. The third-order valence-electron chi connectivity index (χ3n) is 3.18. The average molecular weight is 246 g/mol. The van der Waals surface area contributed by atoms with Crippen LogP contribution in [0.25, 0.3) is 0 Å². The molecule has 94 valence electrons. The first kappa shape index (κ1) is 11.1. The van der Waals surface area contributed by atoms with Crippen molar-refractivity contribution in [3.8, 4) is 0 Å². The fourth-order valence-electron chi connectivity index (χ4n) is 2.09. The van der Waals surface area contributed by atoms with Gasteiger partial charge in [-0.1, -0.05) is 0 Å². The van der Waals surface area contributed by atoms with Crippen molar-refractivity contribution in [2.75, 3.05) is 0 Å². The number of nitrogens with zero attached hydrogens (tertiary/aromatic N) is 2. The molecule has 2 aromatic rings. The molecule has 1 N–H and O–H groups in total. The molecule has 0 aromatic carbocycles. The monoisotopic (exact) mass is 246 g/mol. The van der Waals surface area contributed by atoms with Crippen LogP contribution in [0.4, 0.5) is 0 Å². The highest BCUT2D eigenvalue weighted by atomic mass is 16.4. The molecule has 18 heavy (non-hydrogen) atoms. The van der Waals surface area contributed by atoms with Gasteiger partial charge in [-0.05, 0) is 31.0 Å². The van der Waals surface area contributed by atoms with Crippen LogP contribution in [0.1, 0.15) is 40.7 Å². The van der Waals surface area contributed by atoms with E-state index in [0.29, 0.717) is 12.5 Å². The van der Waals surface area contributed by atoms with Gasteiger partial charge in [0.1, 0.15) is 5.76 Å². The van der Waals surface area contributed by atoms with Crippen molar-refractivity contribution in [2.24, 2.45) is 0 Å². The Labute approximate surface area is 104 Å². The molecule has 1 saturated carbocycles. The largest absolute Gasteiger partial charge is 0.476 e. The number of aryl methyl sites for hydroxylation is 2. The lowest BCUT2D eigenvalue weighted by Crippen LogP contribution is -2.07. The van der Waals surface area contributed by atoms with Crippen molar-refractivity contribution in [1.82, 2.24) is 9.78 Å². The Kier molecular flexibility index (Phi) is 2.66. The number of furan rings is 1. The van der Waals surface area contributed by atoms with E-state index in [1.54, 1.807) is 12.3 Å². The van der Waals surface area contributed by atoms with Crippen molar-refractivity contribution < 1.29 is 14.3 Å². The summed E-state index contributed by atoms with van der Waals surface area (Å²) in [7, 11) is 0. The predicted octanol–water partition coefficient (Wildman–Crippen LogP) is 2.29. The van der Waals surface area contributed by atoms with Crippen LogP contribution in [0, 0.1) is 0 Å². The average Bonchev–Trinajstić information content (AvgIpc) is 2.91. The van der Waals surface area contributed by atoms with Gasteiger partial charge in [0.2, 0.25) is 0 Å². The highest BCUT2D eigenvalue weighted by Crippen LogP contribution is 2.40. The van der Waals surface area contributed by atoms with Crippen molar-refractivity contribution in [1.29, 1.82) is 0 Å². The highest BCUT2D eigenvalue weighted by Gasteiger charge is 2.29. The fraction of sp³-hybridized carbons (Fsp3) is 0.385. The van der Waals surface area contributed by atoms with Crippen molar-refractivity contribution in [2.45, 2.75) is 31.7 Å². The summed E-state index contributed by atoms with van der Waals surface area (Å²) in [5.74, 6) is 0.417. The zero-order chi connectivity index (χ0) is 12.5. The molecule has 0 atom stereocenters. The lowest BCUT2D eigenvalue weighted by Gasteiger charge is -2.04. The summed E-state index contributed by atoms with van der Waals surface area (Å²) in [5.41, 5.74) is 1.18. The molecule has 0 radical (unpaired) electrons. The minimum atomic E-state index is -0.964. The maximum Gasteiger partial charge on any atom is 0.356 e. The molecular formula is C13H14N2O3. The molecule has 1 aliphatic carbocycles. The van der Waals surface area contributed by atoms with Gasteiger partial charge in [0, 0.05) is 24.6 Å². The number of aromatic carboxylic acids is 1. The number of carboxylic acid groups (broad SMARTS) is 1. The van der Waals surface area contributed by atoms with Gasteiger partial charge < -0.3 is 9.52 Å². The minimum Gasteiger partial charge on any atom is -0.476 e. The van der Waals surface area contributed by atoms with Crippen molar-refractivity contribution in [3.63, 3.8) is 0 Å². The van der Waals surface area contributed by atoms with E-state index >= 15 is 0 Å². The van der Waals surface area contributed by atoms with E-state index in [1.807, 2.05) is 16.8 Å². The molecule has 2 heterocycles. The Morgan fingerprint density at radius 1 is 1.56 bits per heavy atom. The van der Waals surface area contributed by atoms with Gasteiger partial charge in [0.05, 0.1) is 6.26 Å². The Morgan fingerprint density at radius 2 is 2.39 bits per heavy atom. The molecule has 0 unspecified atom stereocenters. The van der Waals surface area contributed by atoms with E-state index < -0.39 is 5.97 Å². The summed E-state index contributed by atoms with van der Waals surface area (Å²) in [6, 6.07) is 5.46. The first-order valence-corrected chi connectivity index (χ1v) is 6.07. The van der Waals surface area contributed by atoms with Gasteiger partial charge in [-0.2, -0.15) is 5.10 Å². The number of hydrogen-bond acceptors (Lipinski definition) is 3. The van der Waals surface area contributed by atoms with E-state index in [1.165, 1.54) is 0 Å². The number of aromatic nitrogens is 2. The van der Waals surface area contributed by atoms with Crippen molar-refractivity contribution >= 4 is 5.97 Å². The Morgan fingerprint density at radius 3 is 3.00 bits per heavy atom. The van der Waals surface area contributed by atoms with Crippen LogP contribution in [-0.4, -0.2) is 20.9 Å². The topological polar surface area (TPSA) is 68.3 Å². The zero-order valence-electron chi connectivity index (χ0n) is 9.87. The first-order valence-electron chi connectivity index (χ1n) is 6.07. The second-order valence-electron chi connectivity index (χ2n) is 4.59. The van der Waals surface area contributed by atoms with Gasteiger partial charge >= 0.3 is 5.97 Å². The molecule has 5 nitrogen and oxygen atoms in total. The number of carbonyl (C=O) groups is 1. The molecule has 1 fully saturated rings. The van der Waals surface area contributed by atoms with Crippen LogP contribution in [0.5, 0.6) is 0 Å². The second kappa shape index (κ2) is 4.33. The van der Waals surface area contributed by atoms with Gasteiger partial charge in [0.25, 0.3) is 0 Å². The quantitative estimate of drug-likeness (QED) is 0.878. The van der Waals surface area contributed by atoms with E-state index in [-0.39, 0.29) is 5.69 Å². The van der Waals surface area contributed by atoms with Crippen LogP contribution in [-0.2, 0) is 13.0 Å². The Balaban J connectivity index is 1.79. The smallest absolute Gasteiger partial charge is 0.356 e. The van der Waals surface area contributed by atoms with Crippen LogP contribution in [0.2, 0.25) is 0 Å².